The number of unbranched alkanes of at least 4 members (excludes halogenated alkanes) is 1. The molecule has 0 heterocycles. The van der Waals surface area contributed by atoms with Crippen molar-refractivity contribution in [3.63, 3.8) is 0 Å². The minimum absolute atomic E-state index is 0.00889. The molecule has 0 aromatic carbocycles. The summed E-state index contributed by atoms with van der Waals surface area (Å²) >= 11 is 0. The molecule has 0 saturated heterocycles. The minimum Gasteiger partial charge on any atom is -0.396 e. The van der Waals surface area contributed by atoms with E-state index in [1.807, 2.05) is 13.8 Å². The van der Waals surface area contributed by atoms with Crippen molar-refractivity contribution in [2.75, 3.05) is 13.2 Å². The predicted molar refractivity (Wildman–Crippen MR) is 67.6 cm³/mol. The Labute approximate surface area is 104 Å². The molecule has 0 aliphatic rings. The molecule has 0 saturated carbocycles. The molecule has 0 amide bonds. The molecule has 0 aromatic heterocycles. The first kappa shape index (κ1) is 16.8. The second kappa shape index (κ2) is 9.83. The second-order valence-electron chi connectivity index (χ2n) is 4.97. The third kappa shape index (κ3) is 6.99. The second-order valence-corrected chi connectivity index (χ2v) is 4.97. The average Bonchev–Trinajstić information content (AvgIpc) is 2.33. The van der Waals surface area contributed by atoms with Crippen molar-refractivity contribution < 1.29 is 20.4 Å². The van der Waals surface area contributed by atoms with Gasteiger partial charge >= 0.3 is 0 Å². The van der Waals surface area contributed by atoms with E-state index in [1.165, 1.54) is 0 Å². The molecule has 0 radical (unpaired) electrons. The van der Waals surface area contributed by atoms with Gasteiger partial charge in [-0.15, -0.1) is 0 Å². The molecule has 0 bridgehead atoms. The van der Waals surface area contributed by atoms with E-state index < -0.39 is 12.2 Å². The maximum absolute atomic E-state index is 10.0. The zero-order chi connectivity index (χ0) is 13.3. The maximum atomic E-state index is 10.0. The van der Waals surface area contributed by atoms with E-state index in [0.29, 0.717) is 6.42 Å². The van der Waals surface area contributed by atoms with Gasteiger partial charge in [-0.25, -0.2) is 0 Å². The number of aliphatic hydroxyl groups is 4. The van der Waals surface area contributed by atoms with Gasteiger partial charge in [0.25, 0.3) is 0 Å². The van der Waals surface area contributed by atoms with Crippen LogP contribution in [0.3, 0.4) is 0 Å². The maximum Gasteiger partial charge on any atom is 0.0827 e. The van der Waals surface area contributed by atoms with Crippen LogP contribution in [0, 0.1) is 11.8 Å². The molecule has 0 aromatic rings. The largest absolute Gasteiger partial charge is 0.396 e. The summed E-state index contributed by atoms with van der Waals surface area (Å²) in [7, 11) is 0. The van der Waals surface area contributed by atoms with E-state index >= 15 is 0 Å². The zero-order valence-corrected chi connectivity index (χ0v) is 11.0. The fraction of sp³-hybridized carbons (Fsp3) is 1.00. The summed E-state index contributed by atoms with van der Waals surface area (Å²) in [6.45, 7) is 4.05. The smallest absolute Gasteiger partial charge is 0.0827 e. The molecule has 4 atom stereocenters. The molecule has 4 unspecified atom stereocenters. The quantitative estimate of drug-likeness (QED) is 0.433. The molecule has 17 heavy (non-hydrogen) atoms. The van der Waals surface area contributed by atoms with Crippen LogP contribution in [0.5, 0.6) is 0 Å². The third-order valence-electron chi connectivity index (χ3n) is 3.34. The highest BCUT2D eigenvalue weighted by atomic mass is 16.3. The molecule has 4 heteroatoms. The molecule has 0 aliphatic heterocycles. The van der Waals surface area contributed by atoms with Gasteiger partial charge in [0.05, 0.1) is 12.2 Å². The predicted octanol–water partition coefficient (Wildman–Crippen LogP) is 0.915. The Bertz CT molecular complexity index is 175. The van der Waals surface area contributed by atoms with Gasteiger partial charge in [-0.05, 0) is 31.1 Å². The van der Waals surface area contributed by atoms with Crippen molar-refractivity contribution >= 4 is 0 Å². The summed E-state index contributed by atoms with van der Waals surface area (Å²) in [5, 5.41) is 37.5. The standard InChI is InChI=1S/C13H28O4/c1-3-11(6-4-5-7-14)13(17)12(16)8-10(2)9-15/h10-17H,3-9H2,1-2H3. The first-order chi connectivity index (χ1) is 8.06. The van der Waals surface area contributed by atoms with Gasteiger partial charge in [0.2, 0.25) is 0 Å². The van der Waals surface area contributed by atoms with Crippen LogP contribution in [0.15, 0.2) is 0 Å². The number of hydrogen-bond acceptors (Lipinski definition) is 4. The Morgan fingerprint density at radius 3 is 2.18 bits per heavy atom. The van der Waals surface area contributed by atoms with Crippen molar-refractivity contribution in [3.05, 3.63) is 0 Å². The molecule has 0 aliphatic carbocycles. The van der Waals surface area contributed by atoms with Gasteiger partial charge in [-0.2, -0.15) is 0 Å². The van der Waals surface area contributed by atoms with Crippen molar-refractivity contribution in [1.82, 2.24) is 0 Å². The van der Waals surface area contributed by atoms with Crippen LogP contribution in [0.2, 0.25) is 0 Å². The fourth-order valence-electron chi connectivity index (χ4n) is 2.08. The molecular formula is C13H28O4. The van der Waals surface area contributed by atoms with Crippen LogP contribution in [0.1, 0.15) is 46.0 Å². The zero-order valence-electron chi connectivity index (χ0n) is 11.0. The summed E-state index contributed by atoms with van der Waals surface area (Å²) in [6, 6.07) is 0. The van der Waals surface area contributed by atoms with E-state index in [9.17, 15) is 10.2 Å². The van der Waals surface area contributed by atoms with Gasteiger partial charge in [-0.3, -0.25) is 0 Å². The number of aliphatic hydroxyl groups excluding tert-OH is 4. The lowest BCUT2D eigenvalue weighted by Gasteiger charge is -2.27. The van der Waals surface area contributed by atoms with Crippen LogP contribution in [-0.4, -0.2) is 45.8 Å². The lowest BCUT2D eigenvalue weighted by molar-refractivity contribution is -0.0345. The van der Waals surface area contributed by atoms with Crippen LogP contribution in [-0.2, 0) is 0 Å². The van der Waals surface area contributed by atoms with E-state index in [2.05, 4.69) is 0 Å². The Kier molecular flexibility index (Phi) is 9.74. The summed E-state index contributed by atoms with van der Waals surface area (Å²) in [6.07, 6.45) is 2.18. The molecular weight excluding hydrogens is 220 g/mol. The van der Waals surface area contributed by atoms with Crippen LogP contribution in [0.4, 0.5) is 0 Å². The highest BCUT2D eigenvalue weighted by Crippen LogP contribution is 2.22. The first-order valence-electron chi connectivity index (χ1n) is 6.64. The van der Waals surface area contributed by atoms with E-state index in [0.717, 1.165) is 25.7 Å². The van der Waals surface area contributed by atoms with E-state index in [1.54, 1.807) is 0 Å². The first-order valence-corrected chi connectivity index (χ1v) is 6.64. The Balaban J connectivity index is 4.07. The number of rotatable bonds is 10. The summed E-state index contributed by atoms with van der Waals surface area (Å²) in [4.78, 5) is 0. The summed E-state index contributed by atoms with van der Waals surface area (Å²) < 4.78 is 0. The van der Waals surface area contributed by atoms with E-state index in [4.69, 9.17) is 10.2 Å². The van der Waals surface area contributed by atoms with Gasteiger partial charge < -0.3 is 20.4 Å². The molecule has 104 valence electrons. The topological polar surface area (TPSA) is 80.9 Å². The van der Waals surface area contributed by atoms with Crippen molar-refractivity contribution in [1.29, 1.82) is 0 Å². The van der Waals surface area contributed by atoms with Crippen LogP contribution < -0.4 is 0 Å². The lowest BCUT2D eigenvalue weighted by Crippen LogP contribution is -2.35. The Hall–Kier alpha value is -0.160. The lowest BCUT2D eigenvalue weighted by atomic mass is 9.87. The molecule has 4 nitrogen and oxygen atoms in total. The molecule has 0 fully saturated rings. The summed E-state index contributed by atoms with van der Waals surface area (Å²) in [5.41, 5.74) is 0. The van der Waals surface area contributed by atoms with Gasteiger partial charge in [0.15, 0.2) is 0 Å². The van der Waals surface area contributed by atoms with Gasteiger partial charge in [0, 0.05) is 13.2 Å². The third-order valence-corrected chi connectivity index (χ3v) is 3.34. The van der Waals surface area contributed by atoms with Gasteiger partial charge in [-0.1, -0.05) is 26.7 Å². The fourth-order valence-corrected chi connectivity index (χ4v) is 2.08. The molecule has 4 N–H and O–H groups in total. The number of hydrogen-bond donors (Lipinski definition) is 4. The van der Waals surface area contributed by atoms with Crippen LogP contribution >= 0.6 is 0 Å². The van der Waals surface area contributed by atoms with Gasteiger partial charge in [0.1, 0.15) is 0 Å². The highest BCUT2D eigenvalue weighted by Gasteiger charge is 2.25. The Morgan fingerprint density at radius 1 is 1.06 bits per heavy atom. The van der Waals surface area contributed by atoms with Crippen LogP contribution in [0.25, 0.3) is 0 Å². The van der Waals surface area contributed by atoms with Crippen molar-refractivity contribution in [2.24, 2.45) is 11.8 Å². The SMILES string of the molecule is CCC(CCCCO)C(O)C(O)CC(C)CO. The minimum atomic E-state index is -0.767. The highest BCUT2D eigenvalue weighted by molar-refractivity contribution is 4.76. The summed E-state index contributed by atoms with van der Waals surface area (Å²) in [5.74, 6) is 0.0806. The van der Waals surface area contributed by atoms with Crippen molar-refractivity contribution in [3.8, 4) is 0 Å². The van der Waals surface area contributed by atoms with E-state index in [-0.39, 0.29) is 25.0 Å². The molecule has 0 rings (SSSR count). The average molecular weight is 248 g/mol. The normalized spacial score (nSPS) is 18.7. The Morgan fingerprint density at radius 2 is 1.71 bits per heavy atom. The monoisotopic (exact) mass is 248 g/mol. The molecule has 0 spiro atoms. The van der Waals surface area contributed by atoms with Crippen molar-refractivity contribution in [2.45, 2.75) is 58.2 Å².